The highest BCUT2D eigenvalue weighted by Gasteiger charge is 2.05. The summed E-state index contributed by atoms with van der Waals surface area (Å²) in [6, 6.07) is 6.47. The molecule has 0 aliphatic heterocycles. The Morgan fingerprint density at radius 1 is 1.33 bits per heavy atom. The Morgan fingerprint density at radius 2 is 2.14 bits per heavy atom. The lowest BCUT2D eigenvalue weighted by Gasteiger charge is -2.09. The van der Waals surface area contributed by atoms with E-state index in [-0.39, 0.29) is 0 Å². The smallest absolute Gasteiger partial charge is 0.138 e. The topological polar surface area (TPSA) is 52.0 Å². The highest BCUT2D eigenvalue weighted by atomic mass is 16.5. The fourth-order valence-electron chi connectivity index (χ4n) is 2.06. The summed E-state index contributed by atoms with van der Waals surface area (Å²) in [5.74, 6) is 0.782. The number of hydrogen-bond donors (Lipinski definition) is 1. The third-order valence-electron chi connectivity index (χ3n) is 3.16. The first-order valence-corrected chi connectivity index (χ1v) is 7.43. The van der Waals surface area contributed by atoms with E-state index in [0.717, 1.165) is 35.9 Å². The maximum absolute atomic E-state index is 5.78. The van der Waals surface area contributed by atoms with Crippen molar-refractivity contribution < 1.29 is 4.74 Å². The van der Waals surface area contributed by atoms with Crippen LogP contribution < -0.4 is 10.1 Å². The quantitative estimate of drug-likeness (QED) is 0.851. The molecule has 2 aromatic heterocycles. The van der Waals surface area contributed by atoms with Gasteiger partial charge in [-0.15, -0.1) is 0 Å². The first kappa shape index (κ1) is 15.5. The maximum atomic E-state index is 5.78. The van der Waals surface area contributed by atoms with Crippen LogP contribution in [0, 0.1) is 6.92 Å². The van der Waals surface area contributed by atoms with Gasteiger partial charge in [0.15, 0.2) is 0 Å². The summed E-state index contributed by atoms with van der Waals surface area (Å²) in [4.78, 5) is 4.40. The fraction of sp³-hybridized carbons (Fsp3) is 0.500. The fourth-order valence-corrected chi connectivity index (χ4v) is 2.06. The molecular formula is C16H24N4O. The Balaban J connectivity index is 1.91. The first-order valence-electron chi connectivity index (χ1n) is 7.43. The summed E-state index contributed by atoms with van der Waals surface area (Å²) in [5.41, 5.74) is 3.12. The Morgan fingerprint density at radius 3 is 2.76 bits per heavy atom. The van der Waals surface area contributed by atoms with Gasteiger partial charge in [0.1, 0.15) is 12.4 Å². The van der Waals surface area contributed by atoms with Crippen molar-refractivity contribution >= 4 is 0 Å². The lowest BCUT2D eigenvalue weighted by molar-refractivity contribution is 0.291. The van der Waals surface area contributed by atoms with E-state index in [9.17, 15) is 0 Å². The summed E-state index contributed by atoms with van der Waals surface area (Å²) in [6.45, 7) is 10.5. The molecule has 2 rings (SSSR count). The predicted molar refractivity (Wildman–Crippen MR) is 83.2 cm³/mol. The van der Waals surface area contributed by atoms with Crippen LogP contribution in [0.5, 0.6) is 5.75 Å². The molecule has 2 heterocycles. The molecule has 0 aromatic carbocycles. The van der Waals surface area contributed by atoms with Gasteiger partial charge in [-0.25, -0.2) is 0 Å². The molecule has 0 atom stereocenters. The first-order chi connectivity index (χ1) is 10.1. The molecule has 114 valence electrons. The molecule has 0 aliphatic carbocycles. The summed E-state index contributed by atoms with van der Waals surface area (Å²) in [6.07, 6.45) is 1.77. The number of pyridine rings is 1. The molecule has 0 bridgehead atoms. The van der Waals surface area contributed by atoms with Crippen LogP contribution in [0.1, 0.15) is 37.9 Å². The minimum Gasteiger partial charge on any atom is -0.486 e. The monoisotopic (exact) mass is 288 g/mol. The molecule has 0 aliphatic rings. The number of hydrogen-bond acceptors (Lipinski definition) is 4. The van der Waals surface area contributed by atoms with Crippen molar-refractivity contribution in [3.63, 3.8) is 0 Å². The van der Waals surface area contributed by atoms with Crippen LogP contribution >= 0.6 is 0 Å². The minimum atomic E-state index is 0.459. The third kappa shape index (κ3) is 4.56. The molecule has 0 spiro atoms. The predicted octanol–water partition coefficient (Wildman–Crippen LogP) is 2.68. The number of aromatic nitrogens is 3. The van der Waals surface area contributed by atoms with Gasteiger partial charge in [-0.3, -0.25) is 9.67 Å². The summed E-state index contributed by atoms with van der Waals surface area (Å²) in [7, 11) is 0. The molecule has 0 amide bonds. The van der Waals surface area contributed by atoms with Crippen molar-refractivity contribution in [2.75, 3.05) is 0 Å². The molecule has 5 heteroatoms. The molecule has 5 nitrogen and oxygen atoms in total. The van der Waals surface area contributed by atoms with Crippen LogP contribution in [-0.4, -0.2) is 20.8 Å². The van der Waals surface area contributed by atoms with Gasteiger partial charge in [-0.05, 0) is 32.0 Å². The van der Waals surface area contributed by atoms with E-state index in [4.69, 9.17) is 4.74 Å². The lowest BCUT2D eigenvalue weighted by atomic mass is 10.3. The number of rotatable bonds is 7. The zero-order chi connectivity index (χ0) is 15.2. The van der Waals surface area contributed by atoms with Crippen LogP contribution in [0.25, 0.3) is 0 Å². The van der Waals surface area contributed by atoms with E-state index in [1.807, 2.05) is 23.7 Å². The van der Waals surface area contributed by atoms with Crippen LogP contribution in [-0.2, 0) is 19.7 Å². The van der Waals surface area contributed by atoms with Crippen LogP contribution in [0.15, 0.2) is 24.4 Å². The molecule has 0 saturated heterocycles. The van der Waals surface area contributed by atoms with Gasteiger partial charge >= 0.3 is 0 Å². The molecule has 0 unspecified atom stereocenters. The van der Waals surface area contributed by atoms with E-state index in [1.54, 1.807) is 6.20 Å². The summed E-state index contributed by atoms with van der Waals surface area (Å²) >= 11 is 0. The van der Waals surface area contributed by atoms with Gasteiger partial charge in [0.25, 0.3) is 0 Å². The lowest BCUT2D eigenvalue weighted by Crippen LogP contribution is -2.22. The average molecular weight is 288 g/mol. The van der Waals surface area contributed by atoms with Crippen LogP contribution in [0.4, 0.5) is 0 Å². The largest absolute Gasteiger partial charge is 0.486 e. The van der Waals surface area contributed by atoms with Gasteiger partial charge < -0.3 is 10.1 Å². The highest BCUT2D eigenvalue weighted by Crippen LogP contribution is 2.13. The summed E-state index contributed by atoms with van der Waals surface area (Å²) < 4.78 is 7.75. The van der Waals surface area contributed by atoms with E-state index in [1.165, 1.54) is 0 Å². The molecule has 1 N–H and O–H groups in total. The van der Waals surface area contributed by atoms with Gasteiger partial charge in [-0.2, -0.15) is 5.10 Å². The van der Waals surface area contributed by atoms with Crippen molar-refractivity contribution in [3.8, 4) is 5.75 Å². The van der Waals surface area contributed by atoms with Crippen LogP contribution in [0.3, 0.4) is 0 Å². The van der Waals surface area contributed by atoms with Crippen molar-refractivity contribution in [2.45, 2.75) is 53.4 Å². The second kappa shape index (κ2) is 7.22. The second-order valence-electron chi connectivity index (χ2n) is 5.40. The Labute approximate surface area is 126 Å². The molecule has 21 heavy (non-hydrogen) atoms. The number of nitrogens with zero attached hydrogens (tertiary/aromatic N) is 3. The van der Waals surface area contributed by atoms with E-state index in [2.05, 4.69) is 42.2 Å². The van der Waals surface area contributed by atoms with Gasteiger partial charge in [0, 0.05) is 19.1 Å². The van der Waals surface area contributed by atoms with Crippen molar-refractivity contribution in [3.05, 3.63) is 41.5 Å². The summed E-state index contributed by atoms with van der Waals surface area (Å²) in [5, 5.41) is 7.75. The van der Waals surface area contributed by atoms with Gasteiger partial charge in [0.05, 0.1) is 23.3 Å². The molecule has 2 aromatic rings. The van der Waals surface area contributed by atoms with E-state index in [0.29, 0.717) is 12.6 Å². The van der Waals surface area contributed by atoms with Crippen molar-refractivity contribution in [1.29, 1.82) is 0 Å². The zero-order valence-electron chi connectivity index (χ0n) is 13.3. The average Bonchev–Trinajstić information content (AvgIpc) is 2.84. The van der Waals surface area contributed by atoms with E-state index >= 15 is 0 Å². The zero-order valence-corrected chi connectivity index (χ0v) is 13.3. The molecule has 0 fully saturated rings. The van der Waals surface area contributed by atoms with Gasteiger partial charge in [-0.1, -0.05) is 13.8 Å². The van der Waals surface area contributed by atoms with Crippen molar-refractivity contribution in [2.24, 2.45) is 0 Å². The molecule has 0 radical (unpaired) electrons. The maximum Gasteiger partial charge on any atom is 0.138 e. The Kier molecular flexibility index (Phi) is 5.33. The molecule has 0 saturated carbocycles. The van der Waals surface area contributed by atoms with E-state index < -0.39 is 0 Å². The number of ether oxygens (including phenoxy) is 1. The minimum absolute atomic E-state index is 0.459. The molecular weight excluding hydrogens is 264 g/mol. The van der Waals surface area contributed by atoms with Gasteiger partial charge in [0.2, 0.25) is 0 Å². The highest BCUT2D eigenvalue weighted by molar-refractivity contribution is 5.20. The third-order valence-corrected chi connectivity index (χ3v) is 3.16. The standard InChI is InChI=1S/C16H24N4O/c1-5-20-15(8-13(4)19-20)11-21-16-7-6-14(18-10-16)9-17-12(2)3/h6-8,10,12,17H,5,9,11H2,1-4H3. The van der Waals surface area contributed by atoms with Crippen molar-refractivity contribution in [1.82, 2.24) is 20.1 Å². The number of aryl methyl sites for hydroxylation is 2. The van der Waals surface area contributed by atoms with Crippen LogP contribution in [0.2, 0.25) is 0 Å². The Hall–Kier alpha value is -1.88. The normalized spacial score (nSPS) is 11.1. The SMILES string of the molecule is CCn1nc(C)cc1COc1ccc(CNC(C)C)nc1. The second-order valence-corrected chi connectivity index (χ2v) is 5.40. The Bertz CT molecular complexity index is 560. The number of nitrogens with one attached hydrogen (secondary N) is 1.